The average molecular weight is 1140 g/mol. The molecular weight excluding hydrogens is 1090 g/mol. The lowest BCUT2D eigenvalue weighted by Crippen LogP contribution is -2.36. The fourth-order valence-electron chi connectivity index (χ4n) is 11.2. The SMILES string of the molecule is Cc1cc(-c2nc3cc(F)ccc3c(N3CC(C)(C)c4ccc(I)cc43)c2C)cc(C(F)(F)F)c1.Cc1cc(-c2nc3cc(F)ccc3c(N3CC(C)(C)c4ccc(N5CCOCC5)cc43)c2C)cc(C(F)(F)F)c1. The summed E-state index contributed by atoms with van der Waals surface area (Å²) in [6.07, 6.45) is -8.97. The van der Waals surface area contributed by atoms with E-state index in [-0.39, 0.29) is 10.8 Å². The standard InChI is InChI=1S/C32H31F4N3O.C28H23F4IN2/c1-19-13-21(15-22(14-19)32(34,35)36)29-20(2)30(25-7-5-23(33)16-27(25)37-29)39-18-31(3,4)26-8-6-24(17-28(26)39)38-9-11-40-12-10-38;1-15-9-17(11-18(10-15)28(30,31)32)25-16(2)26(21-7-5-19(29)12-23(21)34-25)35-14-27(3,4)22-8-6-20(33)13-24(22)35/h5-8,13-17H,9-12,18H2,1-4H3;5-13H,14H2,1-4H3. The van der Waals surface area contributed by atoms with E-state index in [2.05, 4.69) is 106 Å². The van der Waals surface area contributed by atoms with Gasteiger partial charge in [0.25, 0.3) is 0 Å². The molecule has 2 aromatic heterocycles. The molecule has 8 aromatic rings. The summed E-state index contributed by atoms with van der Waals surface area (Å²) in [5, 5.41) is 1.52. The van der Waals surface area contributed by atoms with E-state index in [1.807, 2.05) is 13.8 Å². The Hall–Kier alpha value is -6.33. The lowest BCUT2D eigenvalue weighted by molar-refractivity contribution is -0.138. The minimum atomic E-state index is -4.49. The van der Waals surface area contributed by atoms with Crippen LogP contribution in [0.4, 0.5) is 63.6 Å². The van der Waals surface area contributed by atoms with Crippen LogP contribution in [0.5, 0.6) is 0 Å². The van der Waals surface area contributed by atoms with Crippen molar-refractivity contribution in [2.45, 2.75) is 78.6 Å². The Labute approximate surface area is 444 Å². The first-order valence-electron chi connectivity index (χ1n) is 24.7. The highest BCUT2D eigenvalue weighted by atomic mass is 127. The first-order chi connectivity index (χ1) is 35.3. The van der Waals surface area contributed by atoms with E-state index in [0.29, 0.717) is 71.0 Å². The van der Waals surface area contributed by atoms with Crippen LogP contribution < -0.4 is 14.7 Å². The number of alkyl halides is 6. The number of rotatable bonds is 5. The summed E-state index contributed by atoms with van der Waals surface area (Å²) in [5.41, 5.74) is 10.3. The van der Waals surface area contributed by atoms with E-state index in [0.717, 1.165) is 91.3 Å². The molecule has 75 heavy (non-hydrogen) atoms. The highest BCUT2D eigenvalue weighted by Gasteiger charge is 2.40. The molecule has 6 aromatic carbocycles. The van der Waals surface area contributed by atoms with Crippen LogP contribution in [-0.2, 0) is 27.9 Å². The number of anilines is 5. The zero-order valence-corrected chi connectivity index (χ0v) is 44.8. The van der Waals surface area contributed by atoms with Crippen LogP contribution in [0.25, 0.3) is 44.3 Å². The maximum absolute atomic E-state index is 14.5. The third-order valence-corrected chi connectivity index (χ3v) is 15.3. The van der Waals surface area contributed by atoms with Crippen LogP contribution in [-0.4, -0.2) is 49.4 Å². The third-order valence-electron chi connectivity index (χ3n) is 14.7. The van der Waals surface area contributed by atoms with Gasteiger partial charge in [-0.2, -0.15) is 26.3 Å². The van der Waals surface area contributed by atoms with Gasteiger partial charge in [-0.25, -0.2) is 18.7 Å². The van der Waals surface area contributed by atoms with Crippen LogP contribution in [0.2, 0.25) is 0 Å². The Balaban J connectivity index is 0.000000173. The summed E-state index contributed by atoms with van der Waals surface area (Å²) in [7, 11) is 0. The summed E-state index contributed by atoms with van der Waals surface area (Å²) < 4.78 is 117. The number of pyridine rings is 2. The summed E-state index contributed by atoms with van der Waals surface area (Å²) in [6, 6.07) is 29.7. The van der Waals surface area contributed by atoms with E-state index >= 15 is 0 Å². The monoisotopic (exact) mass is 1140 g/mol. The summed E-state index contributed by atoms with van der Waals surface area (Å²) >= 11 is 2.28. The predicted molar refractivity (Wildman–Crippen MR) is 292 cm³/mol. The largest absolute Gasteiger partial charge is 0.416 e. The number of ether oxygens (including phenoxy) is 1. The van der Waals surface area contributed by atoms with E-state index in [4.69, 9.17) is 9.72 Å². The first kappa shape index (κ1) is 52.1. The van der Waals surface area contributed by atoms with Gasteiger partial charge in [-0.3, -0.25) is 0 Å². The second kappa shape index (κ2) is 19.0. The Morgan fingerprint density at radius 1 is 0.533 bits per heavy atom. The second-order valence-electron chi connectivity index (χ2n) is 21.3. The Bertz CT molecular complexity index is 3580. The molecule has 388 valence electrons. The molecule has 0 amide bonds. The molecule has 6 nitrogen and oxygen atoms in total. The molecule has 0 aliphatic carbocycles. The summed E-state index contributed by atoms with van der Waals surface area (Å²) in [6.45, 7) is 20.1. The minimum absolute atomic E-state index is 0.144. The first-order valence-corrected chi connectivity index (χ1v) is 25.8. The van der Waals surface area contributed by atoms with E-state index < -0.39 is 35.1 Å². The zero-order valence-electron chi connectivity index (χ0n) is 42.7. The highest BCUT2D eigenvalue weighted by molar-refractivity contribution is 14.1. The normalized spacial score (nSPS) is 16.1. The number of benzene rings is 6. The van der Waals surface area contributed by atoms with Gasteiger partial charge in [-0.05, 0) is 169 Å². The number of fused-ring (bicyclic) bond motifs is 4. The quantitative estimate of drug-likeness (QED) is 0.126. The maximum atomic E-state index is 14.5. The van der Waals surface area contributed by atoms with Gasteiger partial charge in [0.05, 0.1) is 58.1 Å². The summed E-state index contributed by atoms with van der Waals surface area (Å²) in [5.74, 6) is -0.889. The van der Waals surface area contributed by atoms with Gasteiger partial charge in [-0.1, -0.05) is 39.8 Å². The van der Waals surface area contributed by atoms with Crippen molar-refractivity contribution < 1.29 is 39.9 Å². The second-order valence-corrected chi connectivity index (χ2v) is 22.5. The highest BCUT2D eigenvalue weighted by Crippen LogP contribution is 2.51. The van der Waals surface area contributed by atoms with Gasteiger partial charge in [0.2, 0.25) is 0 Å². The van der Waals surface area contributed by atoms with E-state index in [1.54, 1.807) is 38.1 Å². The van der Waals surface area contributed by atoms with Gasteiger partial charge in [0, 0.05) is 91.7 Å². The van der Waals surface area contributed by atoms with E-state index in [1.165, 1.54) is 35.4 Å². The molecule has 3 aliphatic rings. The minimum Gasteiger partial charge on any atom is -0.378 e. The van der Waals surface area contributed by atoms with Crippen molar-refractivity contribution >= 4 is 72.8 Å². The smallest absolute Gasteiger partial charge is 0.378 e. The molecule has 0 unspecified atom stereocenters. The number of aromatic nitrogens is 2. The molecule has 0 bridgehead atoms. The van der Waals surface area contributed by atoms with E-state index in [9.17, 15) is 35.1 Å². The Morgan fingerprint density at radius 3 is 1.43 bits per heavy atom. The molecule has 1 saturated heterocycles. The Morgan fingerprint density at radius 2 is 0.973 bits per heavy atom. The van der Waals surface area contributed by atoms with Crippen molar-refractivity contribution in [2.24, 2.45) is 0 Å². The molecule has 0 N–H and O–H groups in total. The van der Waals surface area contributed by atoms with Crippen molar-refractivity contribution in [1.29, 1.82) is 0 Å². The van der Waals surface area contributed by atoms with Gasteiger partial charge >= 0.3 is 12.4 Å². The van der Waals surface area contributed by atoms with Crippen molar-refractivity contribution in [3.63, 3.8) is 0 Å². The predicted octanol–water partition coefficient (Wildman–Crippen LogP) is 16.7. The number of aryl methyl sites for hydroxylation is 2. The number of halogens is 9. The van der Waals surface area contributed by atoms with Gasteiger partial charge in [0.1, 0.15) is 11.6 Å². The van der Waals surface area contributed by atoms with Gasteiger partial charge in [-0.15, -0.1) is 0 Å². The summed E-state index contributed by atoms with van der Waals surface area (Å²) in [4.78, 5) is 16.2. The number of hydrogen-bond acceptors (Lipinski definition) is 6. The maximum Gasteiger partial charge on any atom is 0.416 e. The van der Waals surface area contributed by atoms with Crippen molar-refractivity contribution in [2.75, 3.05) is 54.1 Å². The molecule has 0 radical (unpaired) electrons. The molecule has 11 rings (SSSR count). The lowest BCUT2D eigenvalue weighted by Gasteiger charge is -2.30. The zero-order chi connectivity index (χ0) is 53.7. The van der Waals surface area contributed by atoms with Crippen LogP contribution in [0.15, 0.2) is 109 Å². The van der Waals surface area contributed by atoms with Crippen LogP contribution in [0.3, 0.4) is 0 Å². The molecule has 5 heterocycles. The average Bonchev–Trinajstić information content (AvgIpc) is 3.77. The molecule has 0 saturated carbocycles. The third kappa shape index (κ3) is 9.90. The van der Waals surface area contributed by atoms with Crippen LogP contribution >= 0.6 is 22.6 Å². The number of nitrogens with zero attached hydrogens (tertiary/aromatic N) is 5. The van der Waals surface area contributed by atoms with Gasteiger partial charge in [0.15, 0.2) is 0 Å². The molecule has 1 fully saturated rings. The molecule has 0 atom stereocenters. The fraction of sp³-hybridized carbons (Fsp3) is 0.300. The van der Waals surface area contributed by atoms with Crippen molar-refractivity contribution in [3.05, 3.63) is 169 Å². The molecular formula is C60H54F8IN5O. The molecule has 0 spiro atoms. The molecule has 15 heteroatoms. The van der Waals surface area contributed by atoms with Crippen LogP contribution in [0.1, 0.15) is 72.2 Å². The van der Waals surface area contributed by atoms with Crippen LogP contribution in [0, 0.1) is 42.9 Å². The topological polar surface area (TPSA) is 44.7 Å². The fourth-order valence-corrected chi connectivity index (χ4v) is 11.7. The van der Waals surface area contributed by atoms with Crippen molar-refractivity contribution in [1.82, 2.24) is 9.97 Å². The number of hydrogen-bond donors (Lipinski definition) is 0. The molecule has 3 aliphatic heterocycles. The van der Waals surface area contributed by atoms with Crippen molar-refractivity contribution in [3.8, 4) is 22.5 Å². The number of morpholine rings is 1. The Kier molecular flexibility index (Phi) is 13.2. The lowest BCUT2D eigenvalue weighted by atomic mass is 9.87. The van der Waals surface area contributed by atoms with Gasteiger partial charge < -0.3 is 19.4 Å².